The van der Waals surface area contributed by atoms with Crippen molar-refractivity contribution in [3.05, 3.63) is 82.4 Å². The molecule has 8 heteroatoms. The molecule has 0 spiro atoms. The molecule has 2 aliphatic rings. The molecular weight excluding hydrogens is 380 g/mol. The summed E-state index contributed by atoms with van der Waals surface area (Å²) in [5.41, 5.74) is 0.950. The van der Waals surface area contributed by atoms with E-state index in [1.807, 2.05) is 42.5 Å². The van der Waals surface area contributed by atoms with Gasteiger partial charge in [-0.25, -0.2) is 8.42 Å². The highest BCUT2D eigenvalue weighted by molar-refractivity contribution is 7.89. The fourth-order valence-corrected chi connectivity index (χ4v) is 5.52. The Morgan fingerprint density at radius 3 is 2.50 bits per heavy atom. The van der Waals surface area contributed by atoms with E-state index in [0.717, 1.165) is 12.0 Å². The van der Waals surface area contributed by atoms with Gasteiger partial charge in [0.1, 0.15) is 0 Å². The minimum Gasteiger partial charge on any atom is -0.376 e. The van der Waals surface area contributed by atoms with Crippen LogP contribution in [-0.4, -0.2) is 36.3 Å². The molecule has 0 N–H and O–H groups in total. The Morgan fingerprint density at radius 1 is 1.11 bits per heavy atom. The Labute approximate surface area is 163 Å². The first kappa shape index (κ1) is 18.8. The van der Waals surface area contributed by atoms with Gasteiger partial charge >= 0.3 is 0 Å². The SMILES string of the molecule is O=[N+]([O-])c1ccc(S(=O)(=O)N2[C@H]3[C@H](COCc4ccccc4)CC=C[C@H]32)cc1. The molecule has 0 bridgehead atoms. The largest absolute Gasteiger partial charge is 0.376 e. The predicted molar refractivity (Wildman–Crippen MR) is 103 cm³/mol. The van der Waals surface area contributed by atoms with E-state index in [2.05, 4.69) is 0 Å². The molecule has 1 saturated heterocycles. The van der Waals surface area contributed by atoms with Crippen LogP contribution in [0.5, 0.6) is 0 Å². The predicted octanol–water partition coefficient (Wildman–Crippen LogP) is 3.13. The van der Waals surface area contributed by atoms with E-state index in [9.17, 15) is 18.5 Å². The maximum absolute atomic E-state index is 13.0. The maximum Gasteiger partial charge on any atom is 0.269 e. The zero-order valence-electron chi connectivity index (χ0n) is 15.0. The van der Waals surface area contributed by atoms with E-state index in [-0.39, 0.29) is 28.6 Å². The lowest BCUT2D eigenvalue weighted by Gasteiger charge is -2.17. The Bertz CT molecular complexity index is 989. The minimum absolute atomic E-state index is 0.0739. The van der Waals surface area contributed by atoms with Crippen LogP contribution >= 0.6 is 0 Å². The molecule has 1 heterocycles. The quantitative estimate of drug-likeness (QED) is 0.308. The van der Waals surface area contributed by atoms with Gasteiger partial charge in [0.2, 0.25) is 10.0 Å². The fraction of sp³-hybridized carbons (Fsp3) is 0.300. The molecular formula is C20H20N2O5S. The molecule has 4 atom stereocenters. The highest BCUT2D eigenvalue weighted by Crippen LogP contribution is 2.45. The van der Waals surface area contributed by atoms with Crippen LogP contribution in [0.1, 0.15) is 12.0 Å². The second-order valence-electron chi connectivity index (χ2n) is 6.99. The summed E-state index contributed by atoms with van der Waals surface area (Å²) in [6.07, 6.45) is 4.69. The number of hydrogen-bond donors (Lipinski definition) is 0. The summed E-state index contributed by atoms with van der Waals surface area (Å²) in [4.78, 5) is 10.3. The zero-order chi connectivity index (χ0) is 19.7. The van der Waals surface area contributed by atoms with Crippen LogP contribution in [0.3, 0.4) is 0 Å². The molecule has 1 aliphatic carbocycles. The lowest BCUT2D eigenvalue weighted by atomic mass is 9.95. The third kappa shape index (κ3) is 3.58. The summed E-state index contributed by atoms with van der Waals surface area (Å²) in [6, 6.07) is 14.6. The minimum atomic E-state index is -3.70. The van der Waals surface area contributed by atoms with Crippen molar-refractivity contribution in [2.75, 3.05) is 6.61 Å². The first-order chi connectivity index (χ1) is 13.5. The number of allylic oxidation sites excluding steroid dienone is 1. The Kier molecular flexibility index (Phi) is 5.01. The lowest BCUT2D eigenvalue weighted by molar-refractivity contribution is -0.384. The molecule has 0 radical (unpaired) electrons. The van der Waals surface area contributed by atoms with Crippen molar-refractivity contribution < 1.29 is 18.1 Å². The summed E-state index contributed by atoms with van der Waals surface area (Å²) < 4.78 is 33.2. The number of rotatable bonds is 7. The smallest absolute Gasteiger partial charge is 0.269 e. The van der Waals surface area contributed by atoms with Gasteiger partial charge in [-0.05, 0) is 24.1 Å². The highest BCUT2D eigenvalue weighted by atomic mass is 32.2. The normalized spacial score (nSPS) is 25.9. The topological polar surface area (TPSA) is 89.5 Å². The second-order valence-corrected chi connectivity index (χ2v) is 8.83. The second kappa shape index (κ2) is 7.46. The number of benzene rings is 2. The standard InChI is InChI=1S/C20H20N2O5S/c23-22(24)17-9-11-18(12-10-17)28(25,26)21-19-8-4-7-16(20(19)21)14-27-13-15-5-2-1-3-6-15/h1-6,8-12,16,19-20H,7,13-14H2/t16-,19+,20-,21?/m0/s1. The maximum atomic E-state index is 13.0. The van der Waals surface area contributed by atoms with Crippen molar-refractivity contribution in [1.29, 1.82) is 0 Å². The number of non-ortho nitro benzene ring substituents is 1. The molecule has 7 nitrogen and oxygen atoms in total. The van der Waals surface area contributed by atoms with E-state index < -0.39 is 14.9 Å². The number of ether oxygens (including phenoxy) is 1. The van der Waals surface area contributed by atoms with E-state index >= 15 is 0 Å². The van der Waals surface area contributed by atoms with Gasteiger partial charge in [-0.15, -0.1) is 0 Å². The number of sulfonamides is 1. The average Bonchev–Trinajstić information content (AvgIpc) is 3.45. The summed E-state index contributed by atoms with van der Waals surface area (Å²) in [5.74, 6) is 0.0894. The van der Waals surface area contributed by atoms with Crippen molar-refractivity contribution in [3.8, 4) is 0 Å². The fourth-order valence-electron chi connectivity index (χ4n) is 3.72. The highest BCUT2D eigenvalue weighted by Gasteiger charge is 2.58. The summed E-state index contributed by atoms with van der Waals surface area (Å²) in [5, 5.41) is 10.8. The van der Waals surface area contributed by atoms with Crippen LogP contribution in [0.4, 0.5) is 5.69 Å². The molecule has 0 amide bonds. The lowest BCUT2D eigenvalue weighted by Crippen LogP contribution is -2.23. The van der Waals surface area contributed by atoms with Crippen LogP contribution in [0.15, 0.2) is 71.6 Å². The van der Waals surface area contributed by atoms with Crippen LogP contribution in [0, 0.1) is 16.0 Å². The van der Waals surface area contributed by atoms with Crippen molar-refractivity contribution >= 4 is 15.7 Å². The number of hydrogen-bond acceptors (Lipinski definition) is 5. The molecule has 1 fully saturated rings. The number of nitrogens with zero attached hydrogens (tertiary/aromatic N) is 2. The number of nitro groups is 1. The number of nitro benzene ring substituents is 1. The van der Waals surface area contributed by atoms with Gasteiger partial charge < -0.3 is 4.74 Å². The molecule has 2 aromatic carbocycles. The summed E-state index contributed by atoms with van der Waals surface area (Å²) in [6.45, 7) is 0.972. The van der Waals surface area contributed by atoms with Crippen LogP contribution in [0.25, 0.3) is 0 Å². The van der Waals surface area contributed by atoms with E-state index in [4.69, 9.17) is 4.74 Å². The molecule has 1 aliphatic heterocycles. The zero-order valence-corrected chi connectivity index (χ0v) is 15.9. The molecule has 0 saturated carbocycles. The van der Waals surface area contributed by atoms with E-state index in [0.29, 0.717) is 13.2 Å². The third-order valence-corrected chi connectivity index (χ3v) is 7.08. The Morgan fingerprint density at radius 2 is 1.82 bits per heavy atom. The third-order valence-electron chi connectivity index (χ3n) is 5.17. The molecule has 4 rings (SSSR count). The van der Waals surface area contributed by atoms with E-state index in [1.165, 1.54) is 28.6 Å². The van der Waals surface area contributed by atoms with Crippen molar-refractivity contribution in [2.24, 2.45) is 5.92 Å². The van der Waals surface area contributed by atoms with E-state index in [1.54, 1.807) is 0 Å². The van der Waals surface area contributed by atoms with Gasteiger partial charge in [0, 0.05) is 18.1 Å². The first-order valence-electron chi connectivity index (χ1n) is 9.05. The Hall–Kier alpha value is -2.55. The molecule has 146 valence electrons. The number of fused-ring (bicyclic) bond motifs is 1. The van der Waals surface area contributed by atoms with Crippen LogP contribution in [0.2, 0.25) is 0 Å². The van der Waals surface area contributed by atoms with Gasteiger partial charge in [0.25, 0.3) is 5.69 Å². The summed E-state index contributed by atoms with van der Waals surface area (Å²) >= 11 is 0. The first-order valence-corrected chi connectivity index (χ1v) is 10.5. The average molecular weight is 400 g/mol. The van der Waals surface area contributed by atoms with Crippen LogP contribution in [-0.2, 0) is 21.4 Å². The van der Waals surface area contributed by atoms with Gasteiger partial charge in [-0.2, -0.15) is 4.31 Å². The monoisotopic (exact) mass is 400 g/mol. The van der Waals surface area contributed by atoms with Gasteiger partial charge in [-0.3, -0.25) is 10.1 Å². The molecule has 2 aromatic rings. The van der Waals surface area contributed by atoms with Gasteiger partial charge in [0.15, 0.2) is 0 Å². The van der Waals surface area contributed by atoms with Gasteiger partial charge in [0.05, 0.1) is 35.1 Å². The van der Waals surface area contributed by atoms with Crippen molar-refractivity contribution in [3.63, 3.8) is 0 Å². The Balaban J connectivity index is 1.43. The molecule has 28 heavy (non-hydrogen) atoms. The van der Waals surface area contributed by atoms with Crippen molar-refractivity contribution in [2.45, 2.75) is 30.0 Å². The molecule has 0 aromatic heterocycles. The van der Waals surface area contributed by atoms with Gasteiger partial charge in [-0.1, -0.05) is 42.5 Å². The van der Waals surface area contributed by atoms with Crippen molar-refractivity contribution in [1.82, 2.24) is 4.31 Å². The molecule has 1 unspecified atom stereocenters. The summed E-state index contributed by atoms with van der Waals surface area (Å²) in [7, 11) is -3.70. The van der Waals surface area contributed by atoms with Crippen LogP contribution < -0.4 is 0 Å².